The van der Waals surface area contributed by atoms with E-state index >= 15 is 0 Å². The van der Waals surface area contributed by atoms with Crippen LogP contribution in [0.3, 0.4) is 0 Å². The van der Waals surface area contributed by atoms with Gasteiger partial charge in [0.1, 0.15) is 0 Å². The molecule has 2 rings (SSSR count). The second-order valence-corrected chi connectivity index (χ2v) is 7.64. The fraction of sp³-hybridized carbons (Fsp3) is 0.917. The summed E-state index contributed by atoms with van der Waals surface area (Å²) in [6.45, 7) is -0.0230. The van der Waals surface area contributed by atoms with Crippen LogP contribution in [0.4, 0.5) is 0 Å². The van der Waals surface area contributed by atoms with E-state index < -0.39 is 15.8 Å². The first-order valence-electron chi connectivity index (χ1n) is 6.66. The standard InChI is InChI=1S/C12H21NO4S/c14-12(15)8-13(10-4-1-2-5-10)11-6-3-7-18(16,17)9-11/h10-11H,1-9H2,(H,14,15). The van der Waals surface area contributed by atoms with E-state index in [-0.39, 0.29) is 30.1 Å². The smallest absolute Gasteiger partial charge is 0.317 e. The van der Waals surface area contributed by atoms with Gasteiger partial charge in [-0.1, -0.05) is 12.8 Å². The molecule has 5 nitrogen and oxygen atoms in total. The zero-order chi connectivity index (χ0) is 13.2. The van der Waals surface area contributed by atoms with Crippen LogP contribution in [0.15, 0.2) is 0 Å². The van der Waals surface area contributed by atoms with Crippen LogP contribution in [0.25, 0.3) is 0 Å². The Kier molecular flexibility index (Phi) is 4.27. The molecular formula is C12H21NO4S. The van der Waals surface area contributed by atoms with Gasteiger partial charge < -0.3 is 5.11 Å². The topological polar surface area (TPSA) is 74.7 Å². The van der Waals surface area contributed by atoms with Crippen molar-refractivity contribution in [2.75, 3.05) is 18.1 Å². The summed E-state index contributed by atoms with van der Waals surface area (Å²) >= 11 is 0. The maximum Gasteiger partial charge on any atom is 0.317 e. The Morgan fingerprint density at radius 3 is 2.28 bits per heavy atom. The largest absolute Gasteiger partial charge is 0.480 e. The molecule has 1 aliphatic carbocycles. The third-order valence-electron chi connectivity index (χ3n) is 4.02. The van der Waals surface area contributed by atoms with Crippen molar-refractivity contribution in [2.45, 2.75) is 50.6 Å². The second kappa shape index (κ2) is 5.57. The minimum absolute atomic E-state index is 0.0230. The van der Waals surface area contributed by atoms with Crippen LogP contribution in [0.5, 0.6) is 0 Å². The van der Waals surface area contributed by atoms with Crippen LogP contribution in [-0.2, 0) is 14.6 Å². The molecule has 2 aliphatic rings. The summed E-state index contributed by atoms with van der Waals surface area (Å²) in [5.41, 5.74) is 0. The highest BCUT2D eigenvalue weighted by atomic mass is 32.2. The van der Waals surface area contributed by atoms with Gasteiger partial charge in [-0.15, -0.1) is 0 Å². The number of aliphatic carboxylic acids is 1. The second-order valence-electron chi connectivity index (χ2n) is 5.41. The molecule has 1 saturated heterocycles. The molecule has 6 heteroatoms. The lowest BCUT2D eigenvalue weighted by atomic mass is 10.1. The van der Waals surface area contributed by atoms with Crippen LogP contribution in [-0.4, -0.2) is 54.5 Å². The Morgan fingerprint density at radius 1 is 1.11 bits per heavy atom. The van der Waals surface area contributed by atoms with E-state index in [2.05, 4.69) is 0 Å². The molecule has 0 aromatic carbocycles. The number of sulfone groups is 1. The van der Waals surface area contributed by atoms with Crippen molar-refractivity contribution < 1.29 is 18.3 Å². The molecule has 1 aliphatic heterocycles. The van der Waals surface area contributed by atoms with E-state index in [1.807, 2.05) is 4.90 Å². The summed E-state index contributed by atoms with van der Waals surface area (Å²) < 4.78 is 23.4. The molecule has 1 heterocycles. The van der Waals surface area contributed by atoms with Gasteiger partial charge in [0.2, 0.25) is 0 Å². The van der Waals surface area contributed by atoms with E-state index in [0.717, 1.165) is 32.1 Å². The Labute approximate surface area is 108 Å². The maximum absolute atomic E-state index is 11.7. The quantitative estimate of drug-likeness (QED) is 0.825. The number of rotatable bonds is 4. The molecule has 2 fully saturated rings. The lowest BCUT2D eigenvalue weighted by Gasteiger charge is -2.37. The SMILES string of the molecule is O=C(O)CN(C1CCCC1)C1CCCS(=O)(=O)C1. The molecule has 1 unspecified atom stereocenters. The van der Waals surface area contributed by atoms with E-state index in [1.54, 1.807) is 0 Å². The summed E-state index contributed by atoms with van der Waals surface area (Å²) in [5, 5.41) is 9.01. The predicted octanol–water partition coefficient (Wildman–Crippen LogP) is 0.893. The minimum Gasteiger partial charge on any atom is -0.480 e. The molecular weight excluding hydrogens is 254 g/mol. The molecule has 18 heavy (non-hydrogen) atoms. The van der Waals surface area contributed by atoms with Crippen molar-refractivity contribution in [3.05, 3.63) is 0 Å². The fourth-order valence-corrected chi connectivity index (χ4v) is 4.93. The van der Waals surface area contributed by atoms with Gasteiger partial charge >= 0.3 is 5.97 Å². The Bertz CT molecular complexity index is 400. The van der Waals surface area contributed by atoms with Crippen molar-refractivity contribution in [1.82, 2.24) is 4.90 Å². The summed E-state index contributed by atoms with van der Waals surface area (Å²) in [5.74, 6) is -0.462. The highest BCUT2D eigenvalue weighted by Gasteiger charge is 2.35. The summed E-state index contributed by atoms with van der Waals surface area (Å²) in [7, 11) is -2.98. The number of carboxylic acid groups (broad SMARTS) is 1. The van der Waals surface area contributed by atoms with E-state index in [9.17, 15) is 13.2 Å². The molecule has 1 N–H and O–H groups in total. The van der Waals surface area contributed by atoms with E-state index in [1.165, 1.54) is 0 Å². The van der Waals surface area contributed by atoms with E-state index in [4.69, 9.17) is 5.11 Å². The molecule has 1 saturated carbocycles. The van der Waals surface area contributed by atoms with Crippen LogP contribution < -0.4 is 0 Å². The maximum atomic E-state index is 11.7. The van der Waals surface area contributed by atoms with Gasteiger partial charge in [0.05, 0.1) is 18.1 Å². The van der Waals surface area contributed by atoms with Crippen LogP contribution in [0.2, 0.25) is 0 Å². The summed E-state index contributed by atoms with van der Waals surface area (Å²) in [4.78, 5) is 12.9. The number of hydrogen-bond acceptors (Lipinski definition) is 4. The van der Waals surface area contributed by atoms with Crippen molar-refractivity contribution in [1.29, 1.82) is 0 Å². The molecule has 0 aromatic rings. The van der Waals surface area contributed by atoms with Crippen LogP contribution in [0, 0.1) is 0 Å². The first kappa shape index (κ1) is 13.8. The molecule has 1 atom stereocenters. The molecule has 0 amide bonds. The van der Waals surface area contributed by atoms with Gasteiger partial charge in [0, 0.05) is 12.1 Å². The van der Waals surface area contributed by atoms with Crippen molar-refractivity contribution in [3.63, 3.8) is 0 Å². The van der Waals surface area contributed by atoms with Crippen LogP contribution >= 0.6 is 0 Å². The molecule has 0 spiro atoms. The fourth-order valence-electron chi connectivity index (χ4n) is 3.21. The normalized spacial score (nSPS) is 28.6. The molecule has 104 valence electrons. The van der Waals surface area contributed by atoms with Gasteiger partial charge in [-0.2, -0.15) is 0 Å². The number of carbonyl (C=O) groups is 1. The minimum atomic E-state index is -2.98. The molecule has 0 bridgehead atoms. The van der Waals surface area contributed by atoms with Crippen molar-refractivity contribution in [3.8, 4) is 0 Å². The molecule has 0 radical (unpaired) electrons. The zero-order valence-corrected chi connectivity index (χ0v) is 11.4. The lowest BCUT2D eigenvalue weighted by Crippen LogP contribution is -2.50. The van der Waals surface area contributed by atoms with E-state index in [0.29, 0.717) is 6.42 Å². The Morgan fingerprint density at radius 2 is 1.72 bits per heavy atom. The van der Waals surface area contributed by atoms with Gasteiger partial charge in [-0.05, 0) is 25.7 Å². The Hall–Kier alpha value is -0.620. The average molecular weight is 275 g/mol. The predicted molar refractivity (Wildman–Crippen MR) is 68.3 cm³/mol. The number of hydrogen-bond donors (Lipinski definition) is 1. The van der Waals surface area contributed by atoms with Gasteiger partial charge in [0.25, 0.3) is 0 Å². The van der Waals surface area contributed by atoms with Gasteiger partial charge in [-0.3, -0.25) is 9.69 Å². The van der Waals surface area contributed by atoms with Gasteiger partial charge in [-0.25, -0.2) is 8.42 Å². The first-order valence-corrected chi connectivity index (χ1v) is 8.48. The highest BCUT2D eigenvalue weighted by molar-refractivity contribution is 7.91. The van der Waals surface area contributed by atoms with Crippen molar-refractivity contribution in [2.24, 2.45) is 0 Å². The van der Waals surface area contributed by atoms with Crippen molar-refractivity contribution >= 4 is 15.8 Å². The number of nitrogens with zero attached hydrogens (tertiary/aromatic N) is 1. The molecule has 0 aromatic heterocycles. The van der Waals surface area contributed by atoms with Crippen LogP contribution in [0.1, 0.15) is 38.5 Å². The number of carboxylic acids is 1. The first-order chi connectivity index (χ1) is 8.48. The average Bonchev–Trinajstić information content (AvgIpc) is 2.77. The highest BCUT2D eigenvalue weighted by Crippen LogP contribution is 2.28. The Balaban J connectivity index is 2.09. The van der Waals surface area contributed by atoms with Gasteiger partial charge in [0.15, 0.2) is 9.84 Å². The summed E-state index contributed by atoms with van der Waals surface area (Å²) in [6, 6.07) is 0.169. The zero-order valence-electron chi connectivity index (χ0n) is 10.5. The lowest BCUT2D eigenvalue weighted by molar-refractivity contribution is -0.139. The third kappa shape index (κ3) is 3.45. The monoisotopic (exact) mass is 275 g/mol. The third-order valence-corrected chi connectivity index (χ3v) is 5.82. The summed E-state index contributed by atoms with van der Waals surface area (Å²) in [6.07, 6.45) is 5.73.